The Morgan fingerprint density at radius 1 is 1.41 bits per heavy atom. The molecule has 2 heterocycles. The Balaban J connectivity index is 1.98. The third-order valence-electron chi connectivity index (χ3n) is 3.81. The molecule has 1 aromatic rings. The number of rotatable bonds is 4. The number of aliphatic hydroxyl groups excluding tert-OH is 1. The molecule has 4 heteroatoms. The number of nitrogens with zero attached hydrogens (tertiary/aromatic N) is 3. The van der Waals surface area contributed by atoms with Crippen LogP contribution in [0.3, 0.4) is 0 Å². The number of pyridine rings is 1. The van der Waals surface area contributed by atoms with Crippen LogP contribution in [0, 0.1) is 0 Å². The van der Waals surface area contributed by atoms with Crippen LogP contribution in [0.15, 0.2) is 24.5 Å². The number of hydrogen-bond acceptors (Lipinski definition) is 4. The van der Waals surface area contributed by atoms with Crippen LogP contribution in [-0.2, 0) is 6.54 Å². The van der Waals surface area contributed by atoms with Gasteiger partial charge in [-0.2, -0.15) is 0 Å². The molecule has 0 bridgehead atoms. The highest BCUT2D eigenvalue weighted by atomic mass is 16.3. The highest BCUT2D eigenvalue weighted by Gasteiger charge is 2.39. The van der Waals surface area contributed by atoms with Crippen molar-refractivity contribution < 1.29 is 5.11 Å². The zero-order chi connectivity index (χ0) is 12.3. The fourth-order valence-corrected chi connectivity index (χ4v) is 2.46. The second-order valence-electron chi connectivity index (χ2n) is 5.09. The van der Waals surface area contributed by atoms with Crippen molar-refractivity contribution in [2.75, 3.05) is 33.8 Å². The molecule has 4 nitrogen and oxygen atoms in total. The molecule has 0 radical (unpaired) electrons. The molecule has 1 N–H and O–H groups in total. The van der Waals surface area contributed by atoms with E-state index in [1.165, 1.54) is 5.56 Å². The average molecular weight is 235 g/mol. The molecule has 17 heavy (non-hydrogen) atoms. The first-order chi connectivity index (χ1) is 8.16. The Kier molecular flexibility index (Phi) is 3.76. The summed E-state index contributed by atoms with van der Waals surface area (Å²) in [6, 6.07) is 4.10. The van der Waals surface area contributed by atoms with Crippen molar-refractivity contribution in [1.82, 2.24) is 14.8 Å². The van der Waals surface area contributed by atoms with Gasteiger partial charge in [-0.3, -0.25) is 9.88 Å². The van der Waals surface area contributed by atoms with Gasteiger partial charge in [0.05, 0.1) is 12.1 Å². The predicted octanol–water partition coefficient (Wildman–Crippen LogP) is 0.580. The first kappa shape index (κ1) is 12.5. The lowest BCUT2D eigenvalue weighted by molar-refractivity contribution is 0.0736. The third kappa shape index (κ3) is 2.65. The molecule has 0 saturated carbocycles. The predicted molar refractivity (Wildman–Crippen MR) is 67.6 cm³/mol. The van der Waals surface area contributed by atoms with E-state index in [1.54, 1.807) is 0 Å². The van der Waals surface area contributed by atoms with Gasteiger partial charge >= 0.3 is 0 Å². The SMILES string of the molecule is CN(C)C1(CO)CCN(Cc2ccncc2)C1. The van der Waals surface area contributed by atoms with Crippen LogP contribution >= 0.6 is 0 Å². The minimum absolute atomic E-state index is 0.0625. The maximum absolute atomic E-state index is 9.59. The van der Waals surface area contributed by atoms with E-state index in [4.69, 9.17) is 0 Å². The highest BCUT2D eigenvalue weighted by Crippen LogP contribution is 2.26. The van der Waals surface area contributed by atoms with E-state index in [0.29, 0.717) is 0 Å². The topological polar surface area (TPSA) is 39.6 Å². The van der Waals surface area contributed by atoms with Crippen molar-refractivity contribution >= 4 is 0 Å². The molecule has 1 unspecified atom stereocenters. The van der Waals surface area contributed by atoms with Gasteiger partial charge in [-0.15, -0.1) is 0 Å². The average Bonchev–Trinajstić information content (AvgIpc) is 2.75. The summed E-state index contributed by atoms with van der Waals surface area (Å²) in [5.41, 5.74) is 1.22. The molecule has 1 saturated heterocycles. The molecule has 1 atom stereocenters. The fourth-order valence-electron chi connectivity index (χ4n) is 2.46. The lowest BCUT2D eigenvalue weighted by atomic mass is 9.99. The van der Waals surface area contributed by atoms with Gasteiger partial charge < -0.3 is 10.0 Å². The molecule has 94 valence electrons. The van der Waals surface area contributed by atoms with E-state index < -0.39 is 0 Å². The van der Waals surface area contributed by atoms with Crippen molar-refractivity contribution in [2.24, 2.45) is 0 Å². The van der Waals surface area contributed by atoms with Crippen LogP contribution in [0.25, 0.3) is 0 Å². The van der Waals surface area contributed by atoms with E-state index in [-0.39, 0.29) is 12.1 Å². The van der Waals surface area contributed by atoms with Gasteiger partial charge in [0.15, 0.2) is 0 Å². The molecule has 1 aliphatic rings. The van der Waals surface area contributed by atoms with Crippen LogP contribution in [0.4, 0.5) is 0 Å². The Labute approximate surface area is 103 Å². The van der Waals surface area contributed by atoms with Gasteiger partial charge in [0.1, 0.15) is 0 Å². The van der Waals surface area contributed by atoms with E-state index in [1.807, 2.05) is 26.5 Å². The molecule has 0 aromatic carbocycles. The molecule has 1 aromatic heterocycles. The van der Waals surface area contributed by atoms with Crippen molar-refractivity contribution in [3.8, 4) is 0 Å². The summed E-state index contributed by atoms with van der Waals surface area (Å²) in [7, 11) is 4.10. The van der Waals surface area contributed by atoms with Crippen LogP contribution in [0.2, 0.25) is 0 Å². The fraction of sp³-hybridized carbons (Fsp3) is 0.615. The maximum Gasteiger partial charge on any atom is 0.0628 e. The first-order valence-corrected chi connectivity index (χ1v) is 6.06. The normalized spacial score (nSPS) is 25.6. The molecule has 2 rings (SSSR count). The minimum Gasteiger partial charge on any atom is -0.394 e. The summed E-state index contributed by atoms with van der Waals surface area (Å²) in [4.78, 5) is 8.57. The van der Waals surface area contributed by atoms with Crippen LogP contribution in [0.1, 0.15) is 12.0 Å². The summed E-state index contributed by atoms with van der Waals surface area (Å²) in [5, 5.41) is 9.59. The number of aliphatic hydroxyl groups is 1. The van der Waals surface area contributed by atoms with E-state index in [2.05, 4.69) is 26.9 Å². The third-order valence-corrected chi connectivity index (χ3v) is 3.81. The lowest BCUT2D eigenvalue weighted by Gasteiger charge is -2.34. The van der Waals surface area contributed by atoms with Crippen molar-refractivity contribution in [1.29, 1.82) is 0 Å². The van der Waals surface area contributed by atoms with Gasteiger partial charge in [0, 0.05) is 32.0 Å². The number of likely N-dealkylation sites (N-methyl/N-ethyl adjacent to an activating group) is 1. The van der Waals surface area contributed by atoms with E-state index in [0.717, 1.165) is 26.1 Å². The Morgan fingerprint density at radius 2 is 2.12 bits per heavy atom. The minimum atomic E-state index is -0.0625. The molecule has 0 aliphatic carbocycles. The van der Waals surface area contributed by atoms with E-state index in [9.17, 15) is 5.11 Å². The Morgan fingerprint density at radius 3 is 2.65 bits per heavy atom. The molecular weight excluding hydrogens is 214 g/mol. The molecule has 1 fully saturated rings. The second-order valence-corrected chi connectivity index (χ2v) is 5.09. The van der Waals surface area contributed by atoms with Crippen LogP contribution in [-0.4, -0.2) is 59.2 Å². The van der Waals surface area contributed by atoms with Gasteiger partial charge in [0.2, 0.25) is 0 Å². The van der Waals surface area contributed by atoms with Gasteiger partial charge in [-0.1, -0.05) is 0 Å². The van der Waals surface area contributed by atoms with Gasteiger partial charge in [-0.25, -0.2) is 0 Å². The standard InChI is InChI=1S/C13H21N3O/c1-15(2)13(11-17)5-8-16(10-13)9-12-3-6-14-7-4-12/h3-4,6-7,17H,5,8-11H2,1-2H3. The molecular formula is C13H21N3O. The zero-order valence-electron chi connectivity index (χ0n) is 10.6. The Bertz CT molecular complexity index is 355. The van der Waals surface area contributed by atoms with Crippen LogP contribution in [0.5, 0.6) is 0 Å². The summed E-state index contributed by atoms with van der Waals surface area (Å²) in [6.07, 6.45) is 4.69. The van der Waals surface area contributed by atoms with Crippen molar-refractivity contribution in [3.05, 3.63) is 30.1 Å². The summed E-state index contributed by atoms with van der Waals surface area (Å²) in [5.74, 6) is 0. The monoisotopic (exact) mass is 235 g/mol. The van der Waals surface area contributed by atoms with Gasteiger partial charge in [0.25, 0.3) is 0 Å². The molecule has 0 spiro atoms. The van der Waals surface area contributed by atoms with Crippen molar-refractivity contribution in [3.63, 3.8) is 0 Å². The smallest absolute Gasteiger partial charge is 0.0628 e. The molecule has 0 amide bonds. The largest absolute Gasteiger partial charge is 0.394 e. The molecule has 1 aliphatic heterocycles. The number of likely N-dealkylation sites (tertiary alicyclic amines) is 1. The number of hydrogen-bond donors (Lipinski definition) is 1. The summed E-state index contributed by atoms with van der Waals surface area (Å²) in [6.45, 7) is 3.14. The quantitative estimate of drug-likeness (QED) is 0.828. The lowest BCUT2D eigenvalue weighted by Crippen LogP contribution is -2.49. The summed E-state index contributed by atoms with van der Waals surface area (Å²) >= 11 is 0. The van der Waals surface area contributed by atoms with Crippen LogP contribution < -0.4 is 0 Å². The Hall–Kier alpha value is -0.970. The maximum atomic E-state index is 9.59. The van der Waals surface area contributed by atoms with Crippen molar-refractivity contribution in [2.45, 2.75) is 18.5 Å². The second kappa shape index (κ2) is 5.12. The summed E-state index contributed by atoms with van der Waals surface area (Å²) < 4.78 is 0. The zero-order valence-corrected chi connectivity index (χ0v) is 10.6. The van der Waals surface area contributed by atoms with E-state index >= 15 is 0 Å². The van der Waals surface area contributed by atoms with Gasteiger partial charge in [-0.05, 0) is 38.2 Å². The highest BCUT2D eigenvalue weighted by molar-refractivity contribution is 5.10. The number of aromatic nitrogens is 1. The first-order valence-electron chi connectivity index (χ1n) is 6.06.